The molecule has 0 N–H and O–H groups in total. The largest absolute Gasteiger partial charge is 0.416 e. The van der Waals surface area contributed by atoms with Crippen LogP contribution >= 0.6 is 11.6 Å². The topological polar surface area (TPSA) is 36.4 Å². The van der Waals surface area contributed by atoms with E-state index in [1.54, 1.807) is 18.3 Å². The molecule has 1 saturated heterocycles. The third-order valence-electron chi connectivity index (χ3n) is 6.19. The zero-order valence-corrected chi connectivity index (χ0v) is 18.0. The molecule has 1 aromatic heterocycles. The summed E-state index contributed by atoms with van der Waals surface area (Å²) in [4.78, 5) is 21.7. The lowest BCUT2D eigenvalue weighted by Crippen LogP contribution is -2.44. The van der Waals surface area contributed by atoms with Crippen LogP contribution < -0.4 is 4.90 Å². The number of anilines is 1. The van der Waals surface area contributed by atoms with Gasteiger partial charge in [-0.15, -0.1) is 0 Å². The Labute approximate surface area is 185 Å². The van der Waals surface area contributed by atoms with Crippen LogP contribution in [0.1, 0.15) is 49.8 Å². The number of nitrogens with zero attached hydrogens (tertiary/aromatic N) is 3. The SMILES string of the molecule is CC(c1cccc(C(F)(F)F)c1)N(C(=O)C1CCN(c2ccc(Cl)cn2)CC1)C1CC1. The van der Waals surface area contributed by atoms with Crippen LogP contribution in [0, 0.1) is 5.92 Å². The van der Waals surface area contributed by atoms with Gasteiger partial charge in [0.15, 0.2) is 0 Å². The average Bonchev–Trinajstić information content (AvgIpc) is 3.59. The van der Waals surface area contributed by atoms with E-state index in [4.69, 9.17) is 11.6 Å². The third kappa shape index (κ3) is 4.97. The number of alkyl halides is 3. The van der Waals surface area contributed by atoms with Crippen LogP contribution in [-0.2, 0) is 11.0 Å². The zero-order valence-electron chi connectivity index (χ0n) is 17.3. The van der Waals surface area contributed by atoms with Crippen molar-refractivity contribution in [1.29, 1.82) is 0 Å². The second-order valence-electron chi connectivity index (χ2n) is 8.37. The van der Waals surface area contributed by atoms with E-state index in [-0.39, 0.29) is 17.9 Å². The van der Waals surface area contributed by atoms with Gasteiger partial charge in [-0.25, -0.2) is 4.98 Å². The number of halogens is 4. The highest BCUT2D eigenvalue weighted by Gasteiger charge is 2.40. The van der Waals surface area contributed by atoms with Gasteiger partial charge < -0.3 is 9.80 Å². The maximum Gasteiger partial charge on any atom is 0.416 e. The molecule has 0 bridgehead atoms. The van der Waals surface area contributed by atoms with Gasteiger partial charge in [0.25, 0.3) is 0 Å². The summed E-state index contributed by atoms with van der Waals surface area (Å²) in [7, 11) is 0. The molecule has 2 heterocycles. The Balaban J connectivity index is 1.45. The number of piperidine rings is 1. The minimum absolute atomic E-state index is 0.0520. The van der Waals surface area contributed by atoms with E-state index in [9.17, 15) is 18.0 Å². The number of rotatable bonds is 5. The molecule has 1 unspecified atom stereocenters. The van der Waals surface area contributed by atoms with Crippen molar-refractivity contribution in [3.63, 3.8) is 0 Å². The first-order chi connectivity index (χ1) is 14.7. The monoisotopic (exact) mass is 451 g/mol. The van der Waals surface area contributed by atoms with Crippen molar-refractivity contribution in [2.45, 2.75) is 50.9 Å². The van der Waals surface area contributed by atoms with Gasteiger partial charge >= 0.3 is 6.18 Å². The maximum atomic E-state index is 13.4. The number of carbonyl (C=O) groups is 1. The molecule has 1 aliphatic carbocycles. The highest BCUT2D eigenvalue weighted by atomic mass is 35.5. The minimum atomic E-state index is -4.40. The van der Waals surface area contributed by atoms with E-state index in [1.807, 2.05) is 17.9 Å². The third-order valence-corrected chi connectivity index (χ3v) is 6.41. The van der Waals surface area contributed by atoms with Gasteiger partial charge in [-0.05, 0) is 62.4 Å². The number of benzene rings is 1. The quantitative estimate of drug-likeness (QED) is 0.583. The summed E-state index contributed by atoms with van der Waals surface area (Å²) in [5.41, 5.74) is -0.151. The predicted octanol–water partition coefficient (Wildman–Crippen LogP) is 5.72. The Morgan fingerprint density at radius 2 is 1.87 bits per heavy atom. The molecule has 2 fully saturated rings. The van der Waals surface area contributed by atoms with Gasteiger partial charge in [0, 0.05) is 31.2 Å². The molecule has 1 aliphatic heterocycles. The Kier molecular flexibility index (Phi) is 6.15. The molecule has 8 heteroatoms. The van der Waals surface area contributed by atoms with Gasteiger partial charge in [0.2, 0.25) is 5.91 Å². The van der Waals surface area contributed by atoms with Gasteiger partial charge in [-0.2, -0.15) is 13.2 Å². The number of hydrogen-bond acceptors (Lipinski definition) is 3. The Hall–Kier alpha value is -2.28. The summed E-state index contributed by atoms with van der Waals surface area (Å²) >= 11 is 5.91. The molecular weight excluding hydrogens is 427 g/mol. The maximum absolute atomic E-state index is 13.4. The number of carbonyl (C=O) groups excluding carboxylic acids is 1. The highest BCUT2D eigenvalue weighted by molar-refractivity contribution is 6.30. The van der Waals surface area contributed by atoms with E-state index in [2.05, 4.69) is 9.88 Å². The molecule has 4 nitrogen and oxygen atoms in total. The van der Waals surface area contributed by atoms with Gasteiger partial charge in [-0.1, -0.05) is 23.7 Å². The van der Waals surface area contributed by atoms with Crippen molar-refractivity contribution >= 4 is 23.3 Å². The molecule has 0 radical (unpaired) electrons. The zero-order chi connectivity index (χ0) is 22.2. The van der Waals surface area contributed by atoms with Crippen LogP contribution in [0.5, 0.6) is 0 Å². The van der Waals surface area contributed by atoms with E-state index in [0.717, 1.165) is 24.7 Å². The summed E-state index contributed by atoms with van der Waals surface area (Å²) < 4.78 is 39.5. The molecule has 166 valence electrons. The molecular formula is C23H25ClF3N3O. The van der Waals surface area contributed by atoms with Gasteiger partial charge in [-0.3, -0.25) is 4.79 Å². The summed E-state index contributed by atoms with van der Waals surface area (Å²) in [5.74, 6) is 0.764. The summed E-state index contributed by atoms with van der Waals surface area (Å²) in [5, 5.41) is 0.581. The Morgan fingerprint density at radius 3 is 2.45 bits per heavy atom. The van der Waals surface area contributed by atoms with Crippen molar-refractivity contribution in [3.05, 3.63) is 58.7 Å². The van der Waals surface area contributed by atoms with Crippen molar-refractivity contribution in [1.82, 2.24) is 9.88 Å². The molecule has 1 aromatic carbocycles. The molecule has 1 atom stereocenters. The normalized spacial score (nSPS) is 18.7. The standard InChI is InChI=1S/C23H25ClF3N3O/c1-15(17-3-2-4-18(13-17)23(25,26)27)30(20-6-7-20)22(31)16-9-11-29(12-10-16)21-8-5-19(24)14-28-21/h2-5,8,13-16,20H,6-7,9-12H2,1H3. The molecule has 1 amide bonds. The summed E-state index contributed by atoms with van der Waals surface area (Å²) in [6.45, 7) is 3.25. The fraction of sp³-hybridized carbons (Fsp3) is 0.478. The number of aromatic nitrogens is 1. The number of hydrogen-bond donors (Lipinski definition) is 0. The smallest absolute Gasteiger partial charge is 0.357 e. The van der Waals surface area contributed by atoms with Crippen molar-refractivity contribution in [2.75, 3.05) is 18.0 Å². The van der Waals surface area contributed by atoms with Crippen LogP contribution in [-0.4, -0.2) is 34.9 Å². The Bertz CT molecular complexity index is 922. The molecule has 2 aromatic rings. The highest BCUT2D eigenvalue weighted by Crippen LogP contribution is 2.38. The first kappa shape index (κ1) is 21.9. The van der Waals surface area contributed by atoms with E-state index >= 15 is 0 Å². The van der Waals surface area contributed by atoms with Crippen LogP contribution in [0.3, 0.4) is 0 Å². The second kappa shape index (κ2) is 8.69. The summed E-state index contributed by atoms with van der Waals surface area (Å²) in [6.07, 6.45) is 0.418. The molecule has 4 rings (SSSR count). The van der Waals surface area contributed by atoms with E-state index in [1.165, 1.54) is 12.1 Å². The first-order valence-corrected chi connectivity index (χ1v) is 11.0. The number of amides is 1. The average molecular weight is 452 g/mol. The lowest BCUT2D eigenvalue weighted by molar-refractivity contribution is -0.139. The van der Waals surface area contributed by atoms with E-state index < -0.39 is 17.8 Å². The fourth-order valence-corrected chi connectivity index (χ4v) is 4.41. The van der Waals surface area contributed by atoms with Crippen LogP contribution in [0.15, 0.2) is 42.6 Å². The van der Waals surface area contributed by atoms with Crippen LogP contribution in [0.4, 0.5) is 19.0 Å². The predicted molar refractivity (Wildman–Crippen MR) is 114 cm³/mol. The van der Waals surface area contributed by atoms with Crippen molar-refractivity contribution in [2.24, 2.45) is 5.92 Å². The molecule has 2 aliphatic rings. The first-order valence-electron chi connectivity index (χ1n) is 10.6. The van der Waals surface area contributed by atoms with Crippen LogP contribution in [0.25, 0.3) is 0 Å². The van der Waals surface area contributed by atoms with Crippen molar-refractivity contribution < 1.29 is 18.0 Å². The van der Waals surface area contributed by atoms with E-state index in [0.29, 0.717) is 36.5 Å². The molecule has 1 saturated carbocycles. The molecule has 0 spiro atoms. The lowest BCUT2D eigenvalue weighted by Gasteiger charge is -2.37. The van der Waals surface area contributed by atoms with Crippen LogP contribution in [0.2, 0.25) is 5.02 Å². The molecule has 31 heavy (non-hydrogen) atoms. The number of pyridine rings is 1. The van der Waals surface area contributed by atoms with Crippen molar-refractivity contribution in [3.8, 4) is 0 Å². The second-order valence-corrected chi connectivity index (χ2v) is 8.81. The Morgan fingerprint density at radius 1 is 1.16 bits per heavy atom. The van der Waals surface area contributed by atoms with Gasteiger partial charge in [0.05, 0.1) is 16.6 Å². The minimum Gasteiger partial charge on any atom is -0.357 e. The fourth-order valence-electron chi connectivity index (χ4n) is 4.30. The lowest BCUT2D eigenvalue weighted by atomic mass is 9.93. The van der Waals surface area contributed by atoms with Gasteiger partial charge in [0.1, 0.15) is 5.82 Å². The summed E-state index contributed by atoms with van der Waals surface area (Å²) in [6, 6.07) is 8.73.